The Labute approximate surface area is 127 Å². The molecule has 2 rings (SSSR count). The zero-order valence-electron chi connectivity index (χ0n) is 13.2. The quantitative estimate of drug-likeness (QED) is 0.883. The van der Waals surface area contributed by atoms with Crippen molar-refractivity contribution in [2.75, 3.05) is 6.54 Å². The van der Waals surface area contributed by atoms with E-state index in [0.717, 1.165) is 23.3 Å². The maximum atomic E-state index is 11.4. The summed E-state index contributed by atoms with van der Waals surface area (Å²) in [5.74, 6) is 0.954. The topological polar surface area (TPSA) is 42.2 Å². The third kappa shape index (κ3) is 6.30. The van der Waals surface area contributed by atoms with E-state index in [1.807, 2.05) is 37.3 Å². The fourth-order valence-corrected chi connectivity index (χ4v) is 1.87. The van der Waals surface area contributed by atoms with Crippen LogP contribution in [0.25, 0.3) is 11.3 Å². The lowest BCUT2D eigenvalue weighted by molar-refractivity contribution is -0.120. The molecular weight excluding hydrogens is 262 g/mol. The number of hydrogen-bond donors (Lipinski definition) is 1. The van der Waals surface area contributed by atoms with E-state index >= 15 is 0 Å². The Morgan fingerprint density at radius 1 is 1.14 bits per heavy atom. The predicted octanol–water partition coefficient (Wildman–Crippen LogP) is 4.43. The zero-order chi connectivity index (χ0) is 15.5. The van der Waals surface area contributed by atoms with Gasteiger partial charge in [-0.1, -0.05) is 38.5 Å². The first-order valence-electron chi connectivity index (χ1n) is 7.60. The van der Waals surface area contributed by atoms with Crippen molar-refractivity contribution in [2.45, 2.75) is 40.0 Å². The van der Waals surface area contributed by atoms with Gasteiger partial charge in [0, 0.05) is 18.5 Å². The van der Waals surface area contributed by atoms with Gasteiger partial charge in [-0.3, -0.25) is 4.79 Å². The molecular formula is C18H25NO2. The third-order valence-corrected chi connectivity index (χ3v) is 2.75. The van der Waals surface area contributed by atoms with E-state index < -0.39 is 0 Å². The SMILES string of the molecule is CCC.CCNC(=O)CCc1cccc(-c2ccco2)c1. The van der Waals surface area contributed by atoms with Crippen molar-refractivity contribution >= 4 is 5.91 Å². The van der Waals surface area contributed by atoms with Crippen LogP contribution in [0.3, 0.4) is 0 Å². The molecule has 21 heavy (non-hydrogen) atoms. The fraction of sp³-hybridized carbons (Fsp3) is 0.389. The van der Waals surface area contributed by atoms with Gasteiger partial charge in [-0.2, -0.15) is 0 Å². The molecule has 0 aliphatic rings. The highest BCUT2D eigenvalue weighted by Crippen LogP contribution is 2.21. The van der Waals surface area contributed by atoms with Crippen LogP contribution in [0, 0.1) is 0 Å². The zero-order valence-corrected chi connectivity index (χ0v) is 13.2. The second-order valence-corrected chi connectivity index (χ2v) is 4.84. The molecule has 0 saturated carbocycles. The van der Waals surface area contributed by atoms with E-state index in [4.69, 9.17) is 4.42 Å². The summed E-state index contributed by atoms with van der Waals surface area (Å²) in [4.78, 5) is 11.4. The molecule has 2 aromatic rings. The smallest absolute Gasteiger partial charge is 0.220 e. The summed E-state index contributed by atoms with van der Waals surface area (Å²) in [6, 6.07) is 11.9. The minimum Gasteiger partial charge on any atom is -0.464 e. The molecule has 0 bridgehead atoms. The van der Waals surface area contributed by atoms with Crippen molar-refractivity contribution in [3.05, 3.63) is 48.2 Å². The van der Waals surface area contributed by atoms with Gasteiger partial charge in [0.1, 0.15) is 5.76 Å². The van der Waals surface area contributed by atoms with Crippen molar-refractivity contribution in [3.63, 3.8) is 0 Å². The van der Waals surface area contributed by atoms with Crippen LogP contribution >= 0.6 is 0 Å². The Bertz CT molecular complexity index is 518. The molecule has 0 saturated heterocycles. The lowest BCUT2D eigenvalue weighted by Crippen LogP contribution is -2.22. The molecule has 0 atom stereocenters. The van der Waals surface area contributed by atoms with Gasteiger partial charge in [-0.25, -0.2) is 0 Å². The lowest BCUT2D eigenvalue weighted by Gasteiger charge is -2.04. The van der Waals surface area contributed by atoms with Crippen LogP contribution in [0.2, 0.25) is 0 Å². The van der Waals surface area contributed by atoms with Crippen LogP contribution in [0.15, 0.2) is 47.1 Å². The fourth-order valence-electron chi connectivity index (χ4n) is 1.87. The first-order chi connectivity index (χ1) is 10.2. The number of nitrogens with one attached hydrogen (secondary N) is 1. The van der Waals surface area contributed by atoms with Gasteiger partial charge >= 0.3 is 0 Å². The van der Waals surface area contributed by atoms with Crippen molar-refractivity contribution in [1.29, 1.82) is 0 Å². The summed E-state index contributed by atoms with van der Waals surface area (Å²) < 4.78 is 5.36. The monoisotopic (exact) mass is 287 g/mol. The first kappa shape index (κ1) is 17.0. The summed E-state index contributed by atoms with van der Waals surface area (Å²) in [6.45, 7) is 6.86. The molecule has 1 aromatic heterocycles. The van der Waals surface area contributed by atoms with E-state index in [2.05, 4.69) is 25.2 Å². The number of carbonyl (C=O) groups is 1. The molecule has 1 aromatic carbocycles. The third-order valence-electron chi connectivity index (χ3n) is 2.75. The minimum absolute atomic E-state index is 0.0981. The van der Waals surface area contributed by atoms with E-state index in [9.17, 15) is 4.79 Å². The number of hydrogen-bond acceptors (Lipinski definition) is 2. The highest BCUT2D eigenvalue weighted by Gasteiger charge is 2.04. The van der Waals surface area contributed by atoms with Gasteiger partial charge in [0.2, 0.25) is 5.91 Å². The van der Waals surface area contributed by atoms with Gasteiger partial charge in [-0.05, 0) is 37.1 Å². The van der Waals surface area contributed by atoms with Gasteiger partial charge in [0.15, 0.2) is 0 Å². The van der Waals surface area contributed by atoms with Crippen molar-refractivity contribution < 1.29 is 9.21 Å². The van der Waals surface area contributed by atoms with Crippen molar-refractivity contribution in [1.82, 2.24) is 5.32 Å². The Kier molecular flexibility index (Phi) is 7.95. The Hall–Kier alpha value is -2.03. The molecule has 0 aliphatic heterocycles. The summed E-state index contributed by atoms with van der Waals surface area (Å²) in [5, 5.41) is 2.80. The molecule has 0 radical (unpaired) electrons. The Balaban J connectivity index is 0.000000677. The molecule has 3 heteroatoms. The van der Waals surface area contributed by atoms with Crippen LogP contribution in [0.1, 0.15) is 39.2 Å². The largest absolute Gasteiger partial charge is 0.464 e. The molecule has 3 nitrogen and oxygen atoms in total. The average molecular weight is 287 g/mol. The second-order valence-electron chi connectivity index (χ2n) is 4.84. The highest BCUT2D eigenvalue weighted by atomic mass is 16.3. The molecule has 1 heterocycles. The maximum Gasteiger partial charge on any atom is 0.220 e. The number of rotatable bonds is 5. The van der Waals surface area contributed by atoms with Crippen molar-refractivity contribution in [3.8, 4) is 11.3 Å². The van der Waals surface area contributed by atoms with Crippen LogP contribution in [0.5, 0.6) is 0 Å². The highest BCUT2D eigenvalue weighted by molar-refractivity contribution is 5.76. The van der Waals surface area contributed by atoms with Crippen LogP contribution in [0.4, 0.5) is 0 Å². The second kappa shape index (κ2) is 9.81. The predicted molar refractivity (Wildman–Crippen MR) is 87.1 cm³/mol. The molecule has 1 N–H and O–H groups in total. The Morgan fingerprint density at radius 3 is 2.52 bits per heavy atom. The van der Waals surface area contributed by atoms with Gasteiger partial charge < -0.3 is 9.73 Å². The lowest BCUT2D eigenvalue weighted by atomic mass is 10.0. The maximum absolute atomic E-state index is 11.4. The number of furan rings is 1. The summed E-state index contributed by atoms with van der Waals surface area (Å²) in [6.07, 6.45) is 4.19. The summed E-state index contributed by atoms with van der Waals surface area (Å²) >= 11 is 0. The van der Waals surface area contributed by atoms with Gasteiger partial charge in [-0.15, -0.1) is 0 Å². The number of benzene rings is 1. The molecule has 0 fully saturated rings. The van der Waals surface area contributed by atoms with E-state index in [-0.39, 0.29) is 5.91 Å². The Morgan fingerprint density at radius 2 is 1.90 bits per heavy atom. The first-order valence-corrected chi connectivity index (χ1v) is 7.60. The normalized spacial score (nSPS) is 9.67. The van der Waals surface area contributed by atoms with E-state index in [1.165, 1.54) is 6.42 Å². The van der Waals surface area contributed by atoms with Crippen molar-refractivity contribution in [2.24, 2.45) is 0 Å². The van der Waals surface area contributed by atoms with E-state index in [1.54, 1.807) is 6.26 Å². The van der Waals surface area contributed by atoms with Gasteiger partial charge in [0.25, 0.3) is 0 Å². The summed E-state index contributed by atoms with van der Waals surface area (Å²) in [7, 11) is 0. The van der Waals surface area contributed by atoms with E-state index in [0.29, 0.717) is 13.0 Å². The molecule has 0 aliphatic carbocycles. The van der Waals surface area contributed by atoms with Crippen LogP contribution in [-0.4, -0.2) is 12.5 Å². The van der Waals surface area contributed by atoms with Gasteiger partial charge in [0.05, 0.1) is 6.26 Å². The molecule has 114 valence electrons. The molecule has 0 spiro atoms. The number of aryl methyl sites for hydroxylation is 1. The summed E-state index contributed by atoms with van der Waals surface area (Å²) in [5.41, 5.74) is 2.20. The van der Waals surface area contributed by atoms with Crippen LogP contribution < -0.4 is 5.32 Å². The standard InChI is InChI=1S/C15H17NO2.C3H8/c1-2-16-15(17)9-8-12-5-3-6-13(11-12)14-7-4-10-18-14;1-3-2/h3-7,10-11H,2,8-9H2,1H3,(H,16,17);3H2,1-2H3. The molecule has 0 unspecified atom stereocenters. The average Bonchev–Trinajstić information content (AvgIpc) is 3.01. The number of carbonyl (C=O) groups excluding carboxylic acids is 1. The van der Waals surface area contributed by atoms with Crippen LogP contribution in [-0.2, 0) is 11.2 Å². The molecule has 1 amide bonds. The minimum atomic E-state index is 0.0981. The number of amides is 1.